The summed E-state index contributed by atoms with van der Waals surface area (Å²) in [4.78, 5) is 10.4. The highest BCUT2D eigenvalue weighted by atomic mass is 16.6. The maximum absolute atomic E-state index is 10.8. The Labute approximate surface area is 134 Å². The fourth-order valence-corrected chi connectivity index (χ4v) is 3.07. The first-order valence-electron chi connectivity index (χ1n) is 7.37. The van der Waals surface area contributed by atoms with Crippen molar-refractivity contribution in [3.05, 3.63) is 63.2 Å². The monoisotopic (exact) mass is 314 g/mol. The van der Waals surface area contributed by atoms with Gasteiger partial charge in [0.05, 0.1) is 25.2 Å². The molecule has 1 N–H and O–H groups in total. The van der Waals surface area contributed by atoms with Gasteiger partial charge in [-0.25, -0.2) is 0 Å². The number of hydrogen-bond acceptors (Lipinski definition) is 5. The van der Waals surface area contributed by atoms with Gasteiger partial charge in [0, 0.05) is 24.2 Å². The van der Waals surface area contributed by atoms with Crippen LogP contribution >= 0.6 is 0 Å². The van der Waals surface area contributed by atoms with Gasteiger partial charge in [0.1, 0.15) is 0 Å². The molecule has 0 bridgehead atoms. The predicted octanol–water partition coefficient (Wildman–Crippen LogP) is 2.85. The van der Waals surface area contributed by atoms with Crippen LogP contribution in [0.3, 0.4) is 0 Å². The van der Waals surface area contributed by atoms with Crippen LogP contribution in [0.5, 0.6) is 11.5 Å². The summed E-state index contributed by atoms with van der Waals surface area (Å²) in [6.07, 6.45) is 0.846. The first kappa shape index (κ1) is 15.3. The Hall–Kier alpha value is -2.60. The second-order valence-corrected chi connectivity index (χ2v) is 5.35. The summed E-state index contributed by atoms with van der Waals surface area (Å²) in [7, 11) is 3.26. The number of hydrogen-bond donors (Lipinski definition) is 1. The van der Waals surface area contributed by atoms with E-state index in [0.29, 0.717) is 0 Å². The van der Waals surface area contributed by atoms with Crippen molar-refractivity contribution in [2.75, 3.05) is 20.8 Å². The second-order valence-electron chi connectivity index (χ2n) is 5.35. The topological polar surface area (TPSA) is 73.6 Å². The number of nitro benzene ring substituents is 1. The van der Waals surface area contributed by atoms with E-state index in [4.69, 9.17) is 9.47 Å². The zero-order valence-electron chi connectivity index (χ0n) is 13.0. The number of methoxy groups -OCH3 is 2. The molecule has 6 nitrogen and oxygen atoms in total. The van der Waals surface area contributed by atoms with E-state index in [0.717, 1.165) is 41.2 Å². The number of benzene rings is 2. The van der Waals surface area contributed by atoms with Crippen molar-refractivity contribution >= 4 is 5.69 Å². The molecule has 2 aromatic carbocycles. The van der Waals surface area contributed by atoms with E-state index in [1.165, 1.54) is 12.1 Å². The molecule has 1 heterocycles. The zero-order valence-corrected chi connectivity index (χ0v) is 13.0. The third-order valence-corrected chi connectivity index (χ3v) is 4.16. The lowest BCUT2D eigenvalue weighted by Crippen LogP contribution is -2.30. The Bertz CT molecular complexity index is 728. The van der Waals surface area contributed by atoms with Crippen LogP contribution in [0.15, 0.2) is 36.4 Å². The molecular formula is C17H18N2O4. The molecule has 120 valence electrons. The van der Waals surface area contributed by atoms with Crippen LogP contribution in [0.25, 0.3) is 0 Å². The number of rotatable bonds is 4. The van der Waals surface area contributed by atoms with Gasteiger partial charge < -0.3 is 14.8 Å². The van der Waals surface area contributed by atoms with E-state index < -0.39 is 0 Å². The molecule has 0 radical (unpaired) electrons. The summed E-state index contributed by atoms with van der Waals surface area (Å²) in [5.74, 6) is 1.48. The Morgan fingerprint density at radius 1 is 1.13 bits per heavy atom. The van der Waals surface area contributed by atoms with Crippen LogP contribution in [0.4, 0.5) is 5.69 Å². The van der Waals surface area contributed by atoms with Gasteiger partial charge in [-0.2, -0.15) is 0 Å². The highest BCUT2D eigenvalue weighted by Crippen LogP contribution is 2.39. The van der Waals surface area contributed by atoms with Gasteiger partial charge in [-0.3, -0.25) is 10.1 Å². The number of nitro groups is 1. The summed E-state index contributed by atoms with van der Waals surface area (Å²) < 4.78 is 10.9. The number of nitrogens with one attached hydrogen (secondary N) is 1. The molecule has 2 aromatic rings. The van der Waals surface area contributed by atoms with Crippen molar-refractivity contribution in [3.8, 4) is 11.5 Å². The lowest BCUT2D eigenvalue weighted by Gasteiger charge is -2.29. The summed E-state index contributed by atoms with van der Waals surface area (Å²) in [5, 5.41) is 14.3. The average molecular weight is 314 g/mol. The standard InChI is InChI=1S/C17H18N2O4/c1-22-15-8-7-13-14(17(15)23-2)9-10-18-16(13)11-3-5-12(6-4-11)19(20)21/h3-8,16,18H,9-10H2,1-2H3. The Morgan fingerprint density at radius 2 is 1.87 bits per heavy atom. The number of nitrogens with zero attached hydrogens (tertiary/aromatic N) is 1. The minimum atomic E-state index is -0.389. The Morgan fingerprint density at radius 3 is 2.48 bits per heavy atom. The zero-order chi connectivity index (χ0) is 16.4. The summed E-state index contributed by atoms with van der Waals surface area (Å²) in [6.45, 7) is 0.804. The van der Waals surface area contributed by atoms with Gasteiger partial charge in [-0.15, -0.1) is 0 Å². The second kappa shape index (κ2) is 6.26. The Balaban J connectivity index is 2.03. The van der Waals surface area contributed by atoms with E-state index >= 15 is 0 Å². The SMILES string of the molecule is COc1ccc2c(c1OC)CCNC2c1ccc([N+](=O)[O-])cc1. The summed E-state index contributed by atoms with van der Waals surface area (Å²) >= 11 is 0. The minimum absolute atomic E-state index is 0.0145. The highest BCUT2D eigenvalue weighted by Gasteiger charge is 2.26. The minimum Gasteiger partial charge on any atom is -0.493 e. The average Bonchev–Trinajstić information content (AvgIpc) is 2.60. The third kappa shape index (κ3) is 2.73. The lowest BCUT2D eigenvalue weighted by atomic mass is 9.89. The third-order valence-electron chi connectivity index (χ3n) is 4.16. The van der Waals surface area contributed by atoms with Crippen LogP contribution in [-0.2, 0) is 6.42 Å². The molecule has 1 aliphatic heterocycles. The van der Waals surface area contributed by atoms with E-state index in [-0.39, 0.29) is 16.7 Å². The van der Waals surface area contributed by atoms with Crippen molar-refractivity contribution in [1.29, 1.82) is 0 Å². The molecule has 0 aromatic heterocycles. The maximum Gasteiger partial charge on any atom is 0.269 e. The van der Waals surface area contributed by atoms with Gasteiger partial charge >= 0.3 is 0 Å². The first-order chi connectivity index (χ1) is 11.2. The summed E-state index contributed by atoms with van der Waals surface area (Å²) in [5.41, 5.74) is 3.32. The fourth-order valence-electron chi connectivity index (χ4n) is 3.07. The van der Waals surface area contributed by atoms with Gasteiger partial charge in [0.2, 0.25) is 0 Å². The van der Waals surface area contributed by atoms with Crippen LogP contribution in [0, 0.1) is 10.1 Å². The van der Waals surface area contributed by atoms with Crippen molar-refractivity contribution in [3.63, 3.8) is 0 Å². The van der Waals surface area contributed by atoms with Crippen molar-refractivity contribution in [2.45, 2.75) is 12.5 Å². The number of ether oxygens (including phenoxy) is 2. The van der Waals surface area contributed by atoms with Crippen molar-refractivity contribution in [2.24, 2.45) is 0 Å². The molecule has 1 aliphatic rings. The largest absolute Gasteiger partial charge is 0.493 e. The van der Waals surface area contributed by atoms with Gasteiger partial charge in [0.25, 0.3) is 5.69 Å². The van der Waals surface area contributed by atoms with Crippen molar-refractivity contribution < 1.29 is 14.4 Å². The molecule has 23 heavy (non-hydrogen) atoms. The smallest absolute Gasteiger partial charge is 0.269 e. The van der Waals surface area contributed by atoms with E-state index in [1.807, 2.05) is 12.1 Å². The van der Waals surface area contributed by atoms with E-state index in [2.05, 4.69) is 5.32 Å². The fraction of sp³-hybridized carbons (Fsp3) is 0.294. The molecule has 6 heteroatoms. The van der Waals surface area contributed by atoms with Gasteiger partial charge in [-0.05, 0) is 23.6 Å². The molecule has 1 atom stereocenters. The number of non-ortho nitro benzene ring substituents is 1. The normalized spacial score (nSPS) is 16.5. The molecule has 0 aliphatic carbocycles. The molecule has 0 amide bonds. The predicted molar refractivity (Wildman–Crippen MR) is 86.2 cm³/mol. The number of fused-ring (bicyclic) bond motifs is 1. The lowest BCUT2D eigenvalue weighted by molar-refractivity contribution is -0.384. The molecule has 1 unspecified atom stereocenters. The first-order valence-corrected chi connectivity index (χ1v) is 7.37. The van der Waals surface area contributed by atoms with E-state index in [9.17, 15) is 10.1 Å². The molecular weight excluding hydrogens is 296 g/mol. The van der Waals surface area contributed by atoms with Crippen LogP contribution in [0.2, 0.25) is 0 Å². The maximum atomic E-state index is 10.8. The van der Waals surface area contributed by atoms with Gasteiger partial charge in [0.15, 0.2) is 11.5 Å². The van der Waals surface area contributed by atoms with E-state index in [1.54, 1.807) is 26.4 Å². The van der Waals surface area contributed by atoms with Crippen molar-refractivity contribution in [1.82, 2.24) is 5.32 Å². The summed E-state index contributed by atoms with van der Waals surface area (Å²) in [6, 6.07) is 10.6. The van der Waals surface area contributed by atoms with Crippen LogP contribution < -0.4 is 14.8 Å². The van der Waals surface area contributed by atoms with Crippen LogP contribution in [-0.4, -0.2) is 25.7 Å². The quantitative estimate of drug-likeness (QED) is 0.694. The molecule has 0 spiro atoms. The molecule has 0 fully saturated rings. The van der Waals surface area contributed by atoms with Crippen LogP contribution in [0.1, 0.15) is 22.7 Å². The molecule has 0 saturated heterocycles. The van der Waals surface area contributed by atoms with Gasteiger partial charge in [-0.1, -0.05) is 18.2 Å². The highest BCUT2D eigenvalue weighted by molar-refractivity contribution is 5.54. The molecule has 0 saturated carbocycles. The Kier molecular flexibility index (Phi) is 4.16. The molecule has 3 rings (SSSR count).